The van der Waals surface area contributed by atoms with Crippen LogP contribution in [0.3, 0.4) is 0 Å². The minimum atomic E-state index is 1.12. The molecule has 0 spiro atoms. The number of benzene rings is 9. The SMILES string of the molecule is c1ccc(-n2c3ccccc3c3ccc(-c4ccc(N(c5ccc(-c6ccc7c(c6)sc6ccccc67)cc5)c5cccc6c5sc5ccccc56)cc4)cc32)cc1. The number of hydrogen-bond acceptors (Lipinski definition) is 3. The van der Waals surface area contributed by atoms with Crippen molar-refractivity contribution in [1.29, 1.82) is 0 Å². The first kappa shape index (κ1) is 33.2. The quantitative estimate of drug-likeness (QED) is 0.163. The van der Waals surface area contributed by atoms with Crippen LogP contribution in [0.4, 0.5) is 17.1 Å². The van der Waals surface area contributed by atoms with E-state index in [4.69, 9.17) is 0 Å². The summed E-state index contributed by atoms with van der Waals surface area (Å²) in [4.78, 5) is 2.43. The van der Waals surface area contributed by atoms with E-state index < -0.39 is 0 Å². The monoisotopic (exact) mass is 774 g/mol. The highest BCUT2D eigenvalue weighted by atomic mass is 32.1. The van der Waals surface area contributed by atoms with Crippen LogP contribution >= 0.6 is 22.7 Å². The molecule has 0 aliphatic carbocycles. The second-order valence-electron chi connectivity index (χ2n) is 14.9. The lowest BCUT2D eigenvalue weighted by Gasteiger charge is -2.26. The summed E-state index contributed by atoms with van der Waals surface area (Å²) in [5, 5.41) is 7.77. The summed E-state index contributed by atoms with van der Waals surface area (Å²) in [5.41, 5.74) is 11.8. The molecule has 0 amide bonds. The van der Waals surface area contributed by atoms with E-state index in [1.54, 1.807) is 0 Å². The van der Waals surface area contributed by atoms with Crippen molar-refractivity contribution >= 4 is 102 Å². The van der Waals surface area contributed by atoms with Gasteiger partial charge in [0.2, 0.25) is 0 Å². The maximum Gasteiger partial charge on any atom is 0.0640 e. The molecule has 0 radical (unpaired) electrons. The van der Waals surface area contributed by atoms with Crippen LogP contribution in [-0.2, 0) is 0 Å². The topological polar surface area (TPSA) is 8.17 Å². The molecule has 272 valence electrons. The summed E-state index contributed by atoms with van der Waals surface area (Å²) in [5.74, 6) is 0. The predicted octanol–water partition coefficient (Wildman–Crippen LogP) is 16.3. The van der Waals surface area contributed by atoms with Crippen LogP contribution in [0, 0.1) is 0 Å². The van der Waals surface area contributed by atoms with E-state index in [1.165, 1.54) is 95.8 Å². The van der Waals surface area contributed by atoms with Crippen LogP contribution in [0.1, 0.15) is 0 Å². The van der Waals surface area contributed by atoms with Gasteiger partial charge < -0.3 is 9.47 Å². The zero-order valence-corrected chi connectivity index (χ0v) is 33.0. The first-order valence-corrected chi connectivity index (χ1v) is 21.3. The van der Waals surface area contributed by atoms with Gasteiger partial charge in [-0.3, -0.25) is 0 Å². The Balaban J connectivity index is 0.970. The molecular formula is C54H34N2S2. The highest BCUT2D eigenvalue weighted by Gasteiger charge is 2.19. The molecule has 58 heavy (non-hydrogen) atoms. The number of thiophene rings is 2. The van der Waals surface area contributed by atoms with Gasteiger partial charge in [-0.1, -0.05) is 133 Å². The van der Waals surface area contributed by atoms with E-state index in [0.717, 1.165) is 11.4 Å². The second-order valence-corrected chi connectivity index (χ2v) is 17.0. The maximum atomic E-state index is 2.43. The summed E-state index contributed by atoms with van der Waals surface area (Å²) >= 11 is 3.74. The molecular weight excluding hydrogens is 741 g/mol. The first-order chi connectivity index (χ1) is 28.7. The fraction of sp³-hybridized carbons (Fsp3) is 0. The third-order valence-corrected chi connectivity index (χ3v) is 14.0. The molecule has 2 nitrogen and oxygen atoms in total. The normalized spacial score (nSPS) is 11.8. The van der Waals surface area contributed by atoms with Crippen LogP contribution in [0.15, 0.2) is 206 Å². The summed E-state index contributed by atoms with van der Waals surface area (Å²) in [6, 6.07) is 75.6. The largest absolute Gasteiger partial charge is 0.309 e. The van der Waals surface area contributed by atoms with Crippen LogP contribution in [-0.4, -0.2) is 4.57 Å². The molecule has 12 rings (SSSR count). The molecule has 0 fully saturated rings. The minimum absolute atomic E-state index is 1.12. The number of rotatable bonds is 6. The van der Waals surface area contributed by atoms with E-state index in [-0.39, 0.29) is 0 Å². The average Bonchev–Trinajstić information content (AvgIpc) is 3.97. The molecule has 0 unspecified atom stereocenters. The smallest absolute Gasteiger partial charge is 0.0640 e. The maximum absolute atomic E-state index is 2.43. The van der Waals surface area contributed by atoms with Gasteiger partial charge in [-0.15, -0.1) is 22.7 Å². The lowest BCUT2D eigenvalue weighted by molar-refractivity contribution is 1.18. The number of fused-ring (bicyclic) bond motifs is 9. The second kappa shape index (κ2) is 13.3. The zero-order chi connectivity index (χ0) is 38.2. The Morgan fingerprint density at radius 1 is 0.328 bits per heavy atom. The number of aromatic nitrogens is 1. The Labute approximate surface area is 343 Å². The molecule has 0 atom stereocenters. The minimum Gasteiger partial charge on any atom is -0.309 e. The third-order valence-electron chi connectivity index (χ3n) is 11.6. The summed E-state index contributed by atoms with van der Waals surface area (Å²) in [6.07, 6.45) is 0. The number of hydrogen-bond donors (Lipinski definition) is 0. The van der Waals surface area contributed by atoms with Crippen molar-refractivity contribution in [3.63, 3.8) is 0 Å². The third kappa shape index (κ3) is 5.30. The molecule has 0 N–H and O–H groups in total. The molecule has 3 heterocycles. The fourth-order valence-electron chi connectivity index (χ4n) is 8.85. The van der Waals surface area contributed by atoms with Gasteiger partial charge in [0.15, 0.2) is 0 Å². The molecule has 0 saturated carbocycles. The van der Waals surface area contributed by atoms with Gasteiger partial charge in [0.1, 0.15) is 0 Å². The molecule has 9 aromatic carbocycles. The Hall–Kier alpha value is -6.98. The zero-order valence-electron chi connectivity index (χ0n) is 31.3. The lowest BCUT2D eigenvalue weighted by atomic mass is 10.0. The predicted molar refractivity (Wildman–Crippen MR) is 252 cm³/mol. The molecule has 12 aromatic rings. The summed E-state index contributed by atoms with van der Waals surface area (Å²) in [7, 11) is 0. The highest BCUT2D eigenvalue weighted by Crippen LogP contribution is 2.46. The van der Waals surface area contributed by atoms with Gasteiger partial charge in [0.05, 0.1) is 21.4 Å². The molecule has 0 saturated heterocycles. The van der Waals surface area contributed by atoms with Crippen molar-refractivity contribution in [3.8, 4) is 27.9 Å². The summed E-state index contributed by atoms with van der Waals surface area (Å²) in [6.45, 7) is 0. The van der Waals surface area contributed by atoms with E-state index in [2.05, 4.69) is 216 Å². The van der Waals surface area contributed by atoms with Crippen LogP contribution in [0.5, 0.6) is 0 Å². The van der Waals surface area contributed by atoms with Crippen molar-refractivity contribution in [3.05, 3.63) is 206 Å². The first-order valence-electron chi connectivity index (χ1n) is 19.7. The number of anilines is 3. The van der Waals surface area contributed by atoms with Gasteiger partial charge >= 0.3 is 0 Å². The van der Waals surface area contributed by atoms with E-state index in [1.807, 2.05) is 22.7 Å². The molecule has 3 aromatic heterocycles. The fourth-order valence-corrected chi connectivity index (χ4v) is 11.2. The van der Waals surface area contributed by atoms with Crippen molar-refractivity contribution in [2.45, 2.75) is 0 Å². The van der Waals surface area contributed by atoms with E-state index in [9.17, 15) is 0 Å². The number of nitrogens with zero attached hydrogens (tertiary/aromatic N) is 2. The average molecular weight is 775 g/mol. The standard InChI is InChI=1S/C54H34N2S2/c1-2-11-39(12-3-1)56-48-17-7-4-13-42(48)43-31-25-37(33-50(43)56)35-21-27-40(28-22-35)55(49-18-10-16-47-45-15-6-9-20-52(45)58-54(47)49)41-29-23-36(24-30-41)38-26-32-46-44-14-5-8-19-51(44)57-53(46)34-38/h1-34H. The Morgan fingerprint density at radius 3 is 1.57 bits per heavy atom. The Morgan fingerprint density at radius 2 is 0.845 bits per heavy atom. The molecule has 4 heteroatoms. The van der Waals surface area contributed by atoms with Crippen LogP contribution in [0.25, 0.3) is 90.1 Å². The Kier molecular flexibility index (Phi) is 7.62. The van der Waals surface area contributed by atoms with E-state index in [0.29, 0.717) is 0 Å². The van der Waals surface area contributed by atoms with Crippen molar-refractivity contribution in [1.82, 2.24) is 4.57 Å². The van der Waals surface area contributed by atoms with Crippen LogP contribution in [0.2, 0.25) is 0 Å². The van der Waals surface area contributed by atoms with Crippen molar-refractivity contribution in [2.24, 2.45) is 0 Å². The van der Waals surface area contributed by atoms with Crippen molar-refractivity contribution in [2.75, 3.05) is 4.90 Å². The lowest BCUT2D eigenvalue weighted by Crippen LogP contribution is -2.10. The van der Waals surface area contributed by atoms with Gasteiger partial charge in [0, 0.05) is 63.5 Å². The van der Waals surface area contributed by atoms with Crippen LogP contribution < -0.4 is 4.90 Å². The molecule has 0 bridgehead atoms. The van der Waals surface area contributed by atoms with Gasteiger partial charge in [-0.2, -0.15) is 0 Å². The molecule has 0 aliphatic heterocycles. The number of para-hydroxylation sites is 2. The van der Waals surface area contributed by atoms with Gasteiger partial charge in [-0.25, -0.2) is 0 Å². The highest BCUT2D eigenvalue weighted by molar-refractivity contribution is 7.26. The van der Waals surface area contributed by atoms with E-state index >= 15 is 0 Å². The van der Waals surface area contributed by atoms with Crippen molar-refractivity contribution < 1.29 is 0 Å². The van der Waals surface area contributed by atoms with Gasteiger partial charge in [-0.05, 0) is 95.1 Å². The Bertz CT molecular complexity index is 3500. The molecule has 0 aliphatic rings. The summed E-state index contributed by atoms with van der Waals surface area (Å²) < 4.78 is 7.63. The van der Waals surface area contributed by atoms with Gasteiger partial charge in [0.25, 0.3) is 0 Å².